The van der Waals surface area contributed by atoms with E-state index in [1.54, 1.807) is 0 Å². The second kappa shape index (κ2) is 4.57. The largest absolute Gasteiger partial charge is 0.479 e. The molecule has 1 atom stereocenters. The summed E-state index contributed by atoms with van der Waals surface area (Å²) >= 11 is 0. The summed E-state index contributed by atoms with van der Waals surface area (Å²) in [7, 11) is 0. The Morgan fingerprint density at radius 1 is 1.35 bits per heavy atom. The van der Waals surface area contributed by atoms with Gasteiger partial charge in [-0.2, -0.15) is 5.01 Å². The van der Waals surface area contributed by atoms with Crippen LogP contribution in [0.15, 0.2) is 29.4 Å². The zero-order chi connectivity index (χ0) is 12.4. The van der Waals surface area contributed by atoms with Gasteiger partial charge in [0.1, 0.15) is 5.92 Å². The Bertz CT molecular complexity index is 451. The third-order valence-corrected chi connectivity index (χ3v) is 2.72. The molecule has 1 heterocycles. The number of carbonyl (C=O) groups is 1. The Hall–Kier alpha value is -1.84. The molecule has 0 aliphatic carbocycles. The smallest absolute Gasteiger partial charge is 0.259 e. The van der Waals surface area contributed by atoms with Crippen molar-refractivity contribution in [1.29, 1.82) is 0 Å². The van der Waals surface area contributed by atoms with Crippen LogP contribution in [-0.4, -0.2) is 18.4 Å². The maximum atomic E-state index is 12.0. The van der Waals surface area contributed by atoms with Crippen molar-refractivity contribution in [2.75, 3.05) is 11.6 Å². The van der Waals surface area contributed by atoms with Gasteiger partial charge in [-0.25, -0.2) is 0 Å². The number of hydrazone groups is 1. The normalized spacial score (nSPS) is 19.5. The SMILES string of the molecule is CCOC1=NN(c2ccc(C)cc2)C(=O)C1C. The summed E-state index contributed by atoms with van der Waals surface area (Å²) in [6, 6.07) is 7.69. The Labute approximate surface area is 101 Å². The van der Waals surface area contributed by atoms with Crippen LogP contribution in [0.3, 0.4) is 0 Å². The van der Waals surface area contributed by atoms with E-state index in [0.717, 1.165) is 11.3 Å². The Balaban J connectivity index is 2.27. The highest BCUT2D eigenvalue weighted by molar-refractivity contribution is 6.12. The zero-order valence-corrected chi connectivity index (χ0v) is 10.3. The number of rotatable bonds is 2. The number of anilines is 1. The minimum atomic E-state index is -0.295. The van der Waals surface area contributed by atoms with E-state index in [1.165, 1.54) is 5.01 Å². The van der Waals surface area contributed by atoms with E-state index >= 15 is 0 Å². The summed E-state index contributed by atoms with van der Waals surface area (Å²) in [6.45, 7) is 6.23. The highest BCUT2D eigenvalue weighted by atomic mass is 16.5. The lowest BCUT2D eigenvalue weighted by Crippen LogP contribution is -2.25. The van der Waals surface area contributed by atoms with Crippen LogP contribution in [0.5, 0.6) is 0 Å². The predicted molar refractivity (Wildman–Crippen MR) is 66.9 cm³/mol. The second-order valence-electron chi connectivity index (χ2n) is 4.08. The van der Waals surface area contributed by atoms with Gasteiger partial charge < -0.3 is 4.74 Å². The number of aryl methyl sites for hydroxylation is 1. The summed E-state index contributed by atoms with van der Waals surface area (Å²) in [6.07, 6.45) is 0. The van der Waals surface area contributed by atoms with Gasteiger partial charge in [-0.15, -0.1) is 5.10 Å². The predicted octanol–water partition coefficient (Wildman–Crippen LogP) is 2.33. The van der Waals surface area contributed by atoms with E-state index in [-0.39, 0.29) is 11.8 Å². The van der Waals surface area contributed by atoms with Gasteiger partial charge in [0.25, 0.3) is 5.91 Å². The van der Waals surface area contributed by atoms with Crippen LogP contribution < -0.4 is 5.01 Å². The lowest BCUT2D eigenvalue weighted by atomic mass is 10.1. The van der Waals surface area contributed by atoms with Gasteiger partial charge >= 0.3 is 0 Å². The number of nitrogens with zero attached hydrogens (tertiary/aromatic N) is 2. The van der Waals surface area contributed by atoms with Crippen molar-refractivity contribution >= 4 is 17.5 Å². The summed E-state index contributed by atoms with van der Waals surface area (Å²) in [5, 5.41) is 5.63. The monoisotopic (exact) mass is 232 g/mol. The first-order valence-electron chi connectivity index (χ1n) is 5.75. The first kappa shape index (κ1) is 11.6. The minimum absolute atomic E-state index is 0.0442. The van der Waals surface area contributed by atoms with Gasteiger partial charge in [0.15, 0.2) is 0 Å². The van der Waals surface area contributed by atoms with Crippen LogP contribution in [0.2, 0.25) is 0 Å². The van der Waals surface area contributed by atoms with Gasteiger partial charge in [0, 0.05) is 0 Å². The summed E-state index contributed by atoms with van der Waals surface area (Å²) in [5.41, 5.74) is 1.93. The van der Waals surface area contributed by atoms with E-state index < -0.39 is 0 Å². The van der Waals surface area contributed by atoms with Gasteiger partial charge in [-0.05, 0) is 32.9 Å². The zero-order valence-electron chi connectivity index (χ0n) is 10.3. The number of carbonyl (C=O) groups excluding carboxylic acids is 1. The van der Waals surface area contributed by atoms with Crippen LogP contribution >= 0.6 is 0 Å². The summed E-state index contributed by atoms with van der Waals surface area (Å²) in [5.74, 6) is 0.159. The van der Waals surface area contributed by atoms with E-state index in [9.17, 15) is 4.79 Å². The molecule has 0 radical (unpaired) electrons. The molecule has 90 valence electrons. The van der Waals surface area contributed by atoms with Crippen molar-refractivity contribution < 1.29 is 9.53 Å². The molecule has 2 rings (SSSR count). The van der Waals surface area contributed by atoms with E-state index in [4.69, 9.17) is 4.74 Å². The molecule has 4 heteroatoms. The fourth-order valence-corrected chi connectivity index (χ4v) is 1.70. The Morgan fingerprint density at radius 2 is 2.00 bits per heavy atom. The number of ether oxygens (including phenoxy) is 1. The fraction of sp³-hybridized carbons (Fsp3) is 0.385. The third-order valence-electron chi connectivity index (χ3n) is 2.72. The highest BCUT2D eigenvalue weighted by Gasteiger charge is 2.34. The lowest BCUT2D eigenvalue weighted by Gasteiger charge is -2.11. The van der Waals surface area contributed by atoms with Crippen molar-refractivity contribution in [1.82, 2.24) is 0 Å². The molecule has 1 aliphatic heterocycles. The van der Waals surface area contributed by atoms with E-state index in [0.29, 0.717) is 12.5 Å². The van der Waals surface area contributed by atoms with Crippen LogP contribution in [0, 0.1) is 12.8 Å². The maximum absolute atomic E-state index is 12.0. The number of benzene rings is 1. The molecule has 4 nitrogen and oxygen atoms in total. The topological polar surface area (TPSA) is 41.9 Å². The molecule has 1 aromatic rings. The molecule has 1 aliphatic rings. The summed E-state index contributed by atoms with van der Waals surface area (Å²) in [4.78, 5) is 12.0. The average Bonchev–Trinajstić information content (AvgIpc) is 2.59. The Morgan fingerprint density at radius 3 is 2.59 bits per heavy atom. The molecule has 0 bridgehead atoms. The van der Waals surface area contributed by atoms with Crippen LogP contribution in [0.25, 0.3) is 0 Å². The van der Waals surface area contributed by atoms with Crippen molar-refractivity contribution in [3.05, 3.63) is 29.8 Å². The number of hydrogen-bond donors (Lipinski definition) is 0. The maximum Gasteiger partial charge on any atom is 0.259 e. The van der Waals surface area contributed by atoms with Crippen LogP contribution in [-0.2, 0) is 9.53 Å². The van der Waals surface area contributed by atoms with Crippen molar-refractivity contribution in [2.24, 2.45) is 11.0 Å². The van der Waals surface area contributed by atoms with Crippen LogP contribution in [0.4, 0.5) is 5.69 Å². The highest BCUT2D eigenvalue weighted by Crippen LogP contribution is 2.24. The molecule has 1 aromatic carbocycles. The van der Waals surface area contributed by atoms with Gasteiger partial charge in [-0.1, -0.05) is 17.7 Å². The molecule has 0 N–H and O–H groups in total. The molecule has 1 unspecified atom stereocenters. The van der Waals surface area contributed by atoms with Crippen LogP contribution in [0.1, 0.15) is 19.4 Å². The van der Waals surface area contributed by atoms with E-state index in [2.05, 4.69) is 5.10 Å². The van der Waals surface area contributed by atoms with Gasteiger partial charge in [0.05, 0.1) is 12.3 Å². The molecule has 1 amide bonds. The fourth-order valence-electron chi connectivity index (χ4n) is 1.70. The molecular weight excluding hydrogens is 216 g/mol. The van der Waals surface area contributed by atoms with E-state index in [1.807, 2.05) is 45.0 Å². The van der Waals surface area contributed by atoms with Crippen molar-refractivity contribution in [2.45, 2.75) is 20.8 Å². The Kier molecular flexibility index (Phi) is 3.13. The van der Waals surface area contributed by atoms with Crippen molar-refractivity contribution in [3.8, 4) is 0 Å². The molecule has 0 fully saturated rings. The first-order valence-corrected chi connectivity index (χ1v) is 5.75. The lowest BCUT2D eigenvalue weighted by molar-refractivity contribution is -0.119. The van der Waals surface area contributed by atoms with Gasteiger partial charge in [0.2, 0.25) is 5.90 Å². The molecule has 0 spiro atoms. The molecule has 17 heavy (non-hydrogen) atoms. The average molecular weight is 232 g/mol. The molecule has 0 aromatic heterocycles. The standard InChI is InChI=1S/C13H16N2O2/c1-4-17-12-10(3)13(16)15(14-12)11-7-5-9(2)6-8-11/h5-8,10H,4H2,1-3H3. The third kappa shape index (κ3) is 2.16. The second-order valence-corrected chi connectivity index (χ2v) is 4.08. The van der Waals surface area contributed by atoms with Crippen molar-refractivity contribution in [3.63, 3.8) is 0 Å². The number of hydrogen-bond acceptors (Lipinski definition) is 3. The minimum Gasteiger partial charge on any atom is -0.479 e. The molecular formula is C13H16N2O2. The molecule has 0 saturated carbocycles. The number of amides is 1. The first-order chi connectivity index (χ1) is 8.13. The summed E-state index contributed by atoms with van der Waals surface area (Å²) < 4.78 is 5.35. The molecule has 0 saturated heterocycles. The quantitative estimate of drug-likeness (QED) is 0.785. The van der Waals surface area contributed by atoms with Gasteiger partial charge in [-0.3, -0.25) is 4.79 Å².